The Balaban J connectivity index is 2.27. The predicted molar refractivity (Wildman–Crippen MR) is 77.1 cm³/mol. The Kier molecular flexibility index (Phi) is 3.43. The highest BCUT2D eigenvalue weighted by Gasteiger charge is 2.67. The average Bonchev–Trinajstić information content (AvgIpc) is 3.01. The van der Waals surface area contributed by atoms with Crippen LogP contribution < -0.4 is 5.73 Å². The molecule has 0 saturated carbocycles. The summed E-state index contributed by atoms with van der Waals surface area (Å²) in [4.78, 5) is 3.84. The van der Waals surface area contributed by atoms with E-state index in [1.54, 1.807) is 6.07 Å². The lowest BCUT2D eigenvalue weighted by atomic mass is 9.94. The molecule has 0 aliphatic carbocycles. The minimum Gasteiger partial charge on any atom is -0.394 e. The zero-order valence-corrected chi connectivity index (χ0v) is 12.5. The molecule has 1 aliphatic heterocycles. The molecule has 2 aromatic heterocycles. The number of alkyl halides is 2. The first-order chi connectivity index (χ1) is 10.4. The highest BCUT2D eigenvalue weighted by molar-refractivity contribution is 6.50. The lowest BCUT2D eigenvalue weighted by Gasteiger charge is -2.30. The van der Waals surface area contributed by atoms with Crippen LogP contribution in [0.4, 0.5) is 5.82 Å². The fourth-order valence-corrected chi connectivity index (χ4v) is 3.21. The van der Waals surface area contributed by atoms with Crippen molar-refractivity contribution in [2.45, 2.75) is 22.1 Å². The van der Waals surface area contributed by atoms with Gasteiger partial charge in [0.1, 0.15) is 30.1 Å². The third-order valence-corrected chi connectivity index (χ3v) is 4.68. The van der Waals surface area contributed by atoms with E-state index >= 15 is 0 Å². The zero-order valence-electron chi connectivity index (χ0n) is 11.0. The molecule has 0 radical (unpaired) electrons. The Hall–Kier alpha value is -1.63. The van der Waals surface area contributed by atoms with E-state index in [-0.39, 0.29) is 11.5 Å². The number of nitriles is 1. The van der Waals surface area contributed by atoms with Crippen LogP contribution in [0, 0.1) is 11.3 Å². The summed E-state index contributed by atoms with van der Waals surface area (Å²) in [5.41, 5.74) is 4.43. The van der Waals surface area contributed by atoms with Crippen LogP contribution in [0.25, 0.3) is 5.52 Å². The van der Waals surface area contributed by atoms with Crippen LogP contribution in [0.3, 0.4) is 0 Å². The number of hydrogen-bond donors (Lipinski definition) is 3. The Labute approximate surface area is 134 Å². The molecule has 2 aromatic rings. The van der Waals surface area contributed by atoms with E-state index in [1.165, 1.54) is 16.9 Å². The van der Waals surface area contributed by atoms with Crippen LogP contribution in [-0.2, 0) is 10.3 Å². The lowest BCUT2D eigenvalue weighted by Crippen LogP contribution is -2.45. The topological polar surface area (TPSA) is 130 Å². The molecule has 0 amide bonds. The summed E-state index contributed by atoms with van der Waals surface area (Å²) in [6, 6.07) is 4.99. The molecule has 3 rings (SSSR count). The van der Waals surface area contributed by atoms with Gasteiger partial charge in [-0.3, -0.25) is 0 Å². The Bertz CT molecular complexity index is 774. The van der Waals surface area contributed by atoms with E-state index in [4.69, 9.17) is 33.7 Å². The fraction of sp³-hybridized carbons (Fsp3) is 0.417. The molecule has 10 heteroatoms. The van der Waals surface area contributed by atoms with Gasteiger partial charge in [-0.2, -0.15) is 10.4 Å². The third-order valence-electron chi connectivity index (χ3n) is 3.70. The second-order valence-electron chi connectivity index (χ2n) is 4.86. The molecular formula is C12H11Cl2N5O3. The number of nitrogen functional groups attached to an aromatic ring is 1. The molecule has 4 N–H and O–H groups in total. The normalized spacial score (nSPS) is 30.5. The van der Waals surface area contributed by atoms with Crippen molar-refractivity contribution in [3.63, 3.8) is 0 Å². The maximum atomic E-state index is 10.1. The van der Waals surface area contributed by atoms with Crippen LogP contribution in [0.2, 0.25) is 0 Å². The third kappa shape index (κ3) is 1.74. The van der Waals surface area contributed by atoms with Gasteiger partial charge in [0.05, 0.1) is 12.3 Å². The van der Waals surface area contributed by atoms with Gasteiger partial charge in [0.25, 0.3) is 0 Å². The van der Waals surface area contributed by atoms with E-state index in [1.807, 2.05) is 6.07 Å². The molecule has 0 bridgehead atoms. The van der Waals surface area contributed by atoms with Gasteiger partial charge >= 0.3 is 0 Å². The van der Waals surface area contributed by atoms with Gasteiger partial charge in [0, 0.05) is 0 Å². The monoisotopic (exact) mass is 343 g/mol. The number of rotatable bonds is 2. The number of nitrogens with two attached hydrogens (primary N) is 1. The fourth-order valence-electron chi connectivity index (χ4n) is 2.56. The Morgan fingerprint density at radius 1 is 1.50 bits per heavy atom. The highest BCUT2D eigenvalue weighted by atomic mass is 35.5. The molecule has 2 unspecified atom stereocenters. The molecule has 3 atom stereocenters. The van der Waals surface area contributed by atoms with Gasteiger partial charge in [-0.1, -0.05) is 23.2 Å². The van der Waals surface area contributed by atoms with E-state index in [0.29, 0.717) is 5.52 Å². The highest BCUT2D eigenvalue weighted by Crippen LogP contribution is 2.53. The van der Waals surface area contributed by atoms with Crippen molar-refractivity contribution >= 4 is 34.5 Å². The number of aliphatic hydroxyl groups is 2. The second kappa shape index (κ2) is 4.94. The number of hydrogen-bond acceptors (Lipinski definition) is 7. The van der Waals surface area contributed by atoms with Crippen molar-refractivity contribution in [1.82, 2.24) is 14.6 Å². The molecule has 8 nitrogen and oxygen atoms in total. The zero-order chi connectivity index (χ0) is 16.1. The van der Waals surface area contributed by atoms with E-state index in [2.05, 4.69) is 10.1 Å². The van der Waals surface area contributed by atoms with Crippen LogP contribution in [-0.4, -0.2) is 48.0 Å². The molecule has 0 spiro atoms. The number of nitrogens with zero attached hydrogens (tertiary/aromatic N) is 4. The van der Waals surface area contributed by atoms with Crippen molar-refractivity contribution in [2.24, 2.45) is 0 Å². The van der Waals surface area contributed by atoms with Gasteiger partial charge in [-0.25, -0.2) is 9.50 Å². The summed E-state index contributed by atoms with van der Waals surface area (Å²) >= 11 is 12.4. The summed E-state index contributed by atoms with van der Waals surface area (Å²) in [5.74, 6) is 0.196. The second-order valence-corrected chi connectivity index (χ2v) is 6.25. The summed E-state index contributed by atoms with van der Waals surface area (Å²) in [6.07, 6.45) is -1.37. The first-order valence-corrected chi connectivity index (χ1v) is 6.99. The molecule has 1 aliphatic rings. The number of aliphatic hydroxyl groups excluding tert-OH is 2. The molecule has 116 valence electrons. The summed E-state index contributed by atoms with van der Waals surface area (Å²) in [6.45, 7) is -0.549. The summed E-state index contributed by atoms with van der Waals surface area (Å²) in [7, 11) is 0. The maximum Gasteiger partial charge on any atom is 0.232 e. The number of halogens is 2. The number of ether oxygens (including phenoxy) is 1. The lowest BCUT2D eigenvalue weighted by molar-refractivity contribution is -0.0524. The first-order valence-electron chi connectivity index (χ1n) is 6.23. The molecule has 3 heterocycles. The predicted octanol–water partition coefficient (Wildman–Crippen LogP) is -0.0437. The van der Waals surface area contributed by atoms with Crippen molar-refractivity contribution in [3.05, 3.63) is 24.2 Å². The molecule has 22 heavy (non-hydrogen) atoms. The minimum absolute atomic E-state index is 0.180. The largest absolute Gasteiger partial charge is 0.394 e. The van der Waals surface area contributed by atoms with Crippen LogP contribution in [0.1, 0.15) is 5.69 Å². The molecule has 0 aromatic carbocycles. The number of fused-ring (bicyclic) bond motifs is 1. The van der Waals surface area contributed by atoms with Gasteiger partial charge < -0.3 is 20.7 Å². The quantitative estimate of drug-likeness (QED) is 0.652. The maximum absolute atomic E-state index is 10.1. The van der Waals surface area contributed by atoms with Crippen molar-refractivity contribution < 1.29 is 14.9 Å². The van der Waals surface area contributed by atoms with Gasteiger partial charge in [-0.15, -0.1) is 0 Å². The smallest absolute Gasteiger partial charge is 0.232 e. The first kappa shape index (κ1) is 15.3. The van der Waals surface area contributed by atoms with Crippen LogP contribution in [0.5, 0.6) is 0 Å². The van der Waals surface area contributed by atoms with E-state index in [0.717, 1.165) is 0 Å². The van der Waals surface area contributed by atoms with Crippen molar-refractivity contribution in [3.8, 4) is 6.07 Å². The van der Waals surface area contributed by atoms with Crippen LogP contribution in [0.15, 0.2) is 18.5 Å². The average molecular weight is 344 g/mol. The Morgan fingerprint density at radius 3 is 2.82 bits per heavy atom. The Morgan fingerprint density at radius 2 is 2.23 bits per heavy atom. The number of aromatic nitrogens is 3. The SMILES string of the molecule is N#CC1(c2ccc3c(N)ncnn23)O[C@H](CO)C(O)C1(Cl)Cl. The van der Waals surface area contributed by atoms with Gasteiger partial charge in [0.2, 0.25) is 5.60 Å². The number of anilines is 1. The standard InChI is InChI=1S/C12H11Cl2N5O3/c13-12(14)9(21)7(3-20)22-11(12,4-15)8-2-1-6-10(16)17-5-18-19(6)8/h1-2,5,7,9,20-21H,3H2,(H2,16,17,18)/t7-,9?,11?/m1/s1. The molecule has 1 fully saturated rings. The minimum atomic E-state index is -2.01. The van der Waals surface area contributed by atoms with Crippen molar-refractivity contribution in [1.29, 1.82) is 5.26 Å². The van der Waals surface area contributed by atoms with Crippen LogP contribution >= 0.6 is 23.2 Å². The molecular weight excluding hydrogens is 333 g/mol. The van der Waals surface area contributed by atoms with E-state index < -0.39 is 28.7 Å². The van der Waals surface area contributed by atoms with Crippen molar-refractivity contribution in [2.75, 3.05) is 12.3 Å². The summed E-state index contributed by atoms with van der Waals surface area (Å²) in [5, 5.41) is 33.1. The summed E-state index contributed by atoms with van der Waals surface area (Å²) < 4.78 is 4.83. The molecule has 1 saturated heterocycles. The van der Waals surface area contributed by atoms with Gasteiger partial charge in [0.15, 0.2) is 10.2 Å². The van der Waals surface area contributed by atoms with Gasteiger partial charge in [-0.05, 0) is 12.1 Å². The van der Waals surface area contributed by atoms with E-state index in [9.17, 15) is 15.5 Å².